The average molecular weight is 261 g/mol. The molecule has 1 aromatic rings. The van der Waals surface area contributed by atoms with Gasteiger partial charge in [0.2, 0.25) is 0 Å². The number of nitrogens with zero attached hydrogens (tertiary/aromatic N) is 1. The zero-order chi connectivity index (χ0) is 13.4. The van der Waals surface area contributed by atoms with Crippen LogP contribution in [0.15, 0.2) is 24.3 Å². The van der Waals surface area contributed by atoms with Crippen molar-refractivity contribution >= 4 is 17.7 Å². The maximum atomic E-state index is 13.6. The molecule has 0 radical (unpaired) electrons. The molecule has 2 aliphatic rings. The van der Waals surface area contributed by atoms with Crippen molar-refractivity contribution in [2.45, 2.75) is 25.3 Å². The van der Waals surface area contributed by atoms with Gasteiger partial charge in [0, 0.05) is 24.4 Å². The van der Waals surface area contributed by atoms with Crippen molar-refractivity contribution in [2.24, 2.45) is 5.92 Å². The summed E-state index contributed by atoms with van der Waals surface area (Å²) in [6.45, 7) is 0.996. The van der Waals surface area contributed by atoms with E-state index in [2.05, 4.69) is 4.90 Å². The molecule has 2 atom stereocenters. The van der Waals surface area contributed by atoms with Crippen LogP contribution >= 0.6 is 0 Å². The highest BCUT2D eigenvalue weighted by atomic mass is 19.1. The lowest BCUT2D eigenvalue weighted by Gasteiger charge is -2.29. The third-order valence-electron chi connectivity index (χ3n) is 4.06. The number of piperidine rings is 1. The Morgan fingerprint density at radius 1 is 1.37 bits per heavy atom. The molecular formula is C15H16FNO2. The minimum Gasteiger partial charge on any atom is -0.478 e. The zero-order valence-corrected chi connectivity index (χ0v) is 10.6. The van der Waals surface area contributed by atoms with Gasteiger partial charge in [-0.1, -0.05) is 0 Å². The maximum Gasteiger partial charge on any atom is 0.328 e. The third-order valence-corrected chi connectivity index (χ3v) is 4.06. The molecule has 2 fully saturated rings. The number of aliphatic carboxylic acids is 1. The number of rotatable bonds is 3. The Kier molecular flexibility index (Phi) is 3.01. The van der Waals surface area contributed by atoms with Crippen molar-refractivity contribution in [3.63, 3.8) is 0 Å². The van der Waals surface area contributed by atoms with Crippen molar-refractivity contribution in [1.82, 2.24) is 0 Å². The van der Waals surface area contributed by atoms with E-state index in [0.29, 0.717) is 11.6 Å². The van der Waals surface area contributed by atoms with Gasteiger partial charge in [0.1, 0.15) is 5.82 Å². The number of anilines is 1. The van der Waals surface area contributed by atoms with Crippen LogP contribution in [-0.2, 0) is 4.79 Å². The van der Waals surface area contributed by atoms with E-state index >= 15 is 0 Å². The van der Waals surface area contributed by atoms with Crippen molar-refractivity contribution in [1.29, 1.82) is 0 Å². The standard InChI is InChI=1S/C15H16FNO2/c16-12-5-10(2-4-15(18)19)6-14(8-12)17-9-11-1-3-13(17)7-11/h2,4-6,8,11,13H,1,3,7,9H2,(H,18,19)/b4-2+. The highest BCUT2D eigenvalue weighted by Crippen LogP contribution is 2.40. The summed E-state index contributed by atoms with van der Waals surface area (Å²) in [5.74, 6) is -0.595. The predicted octanol–water partition coefficient (Wildman–Crippen LogP) is 2.91. The van der Waals surface area contributed by atoms with E-state index in [1.807, 2.05) is 6.07 Å². The predicted molar refractivity (Wildman–Crippen MR) is 71.5 cm³/mol. The van der Waals surface area contributed by atoms with E-state index in [4.69, 9.17) is 5.11 Å². The molecule has 2 bridgehead atoms. The first kappa shape index (κ1) is 12.2. The Morgan fingerprint density at radius 2 is 2.21 bits per heavy atom. The Labute approximate surface area is 111 Å². The monoisotopic (exact) mass is 261 g/mol. The Morgan fingerprint density at radius 3 is 2.84 bits per heavy atom. The SMILES string of the molecule is O=C(O)/C=C/c1cc(F)cc(N2CC3CCC2C3)c1. The minimum absolute atomic E-state index is 0.315. The summed E-state index contributed by atoms with van der Waals surface area (Å²) < 4.78 is 13.6. The lowest BCUT2D eigenvalue weighted by molar-refractivity contribution is -0.131. The second-order valence-electron chi connectivity index (χ2n) is 5.40. The van der Waals surface area contributed by atoms with Crippen molar-refractivity contribution < 1.29 is 14.3 Å². The molecule has 1 aromatic carbocycles. The van der Waals surface area contributed by atoms with Crippen LogP contribution in [-0.4, -0.2) is 23.7 Å². The first-order valence-electron chi connectivity index (χ1n) is 6.60. The summed E-state index contributed by atoms with van der Waals surface area (Å²) in [6.07, 6.45) is 6.14. The van der Waals surface area contributed by atoms with Gasteiger partial charge in [-0.2, -0.15) is 0 Å². The molecule has 0 aromatic heterocycles. The number of carboxylic acid groups (broad SMARTS) is 1. The first-order valence-corrected chi connectivity index (χ1v) is 6.60. The number of carboxylic acids is 1. The molecule has 2 unspecified atom stereocenters. The summed E-state index contributed by atoms with van der Waals surface area (Å²) >= 11 is 0. The third kappa shape index (κ3) is 2.48. The largest absolute Gasteiger partial charge is 0.478 e. The molecule has 3 nitrogen and oxygen atoms in total. The van der Waals surface area contributed by atoms with Crippen molar-refractivity contribution in [3.8, 4) is 0 Å². The molecule has 1 heterocycles. The van der Waals surface area contributed by atoms with Gasteiger partial charge in [0.25, 0.3) is 0 Å². The lowest BCUT2D eigenvalue weighted by atomic mass is 10.1. The van der Waals surface area contributed by atoms with Crippen LogP contribution in [0.5, 0.6) is 0 Å². The zero-order valence-electron chi connectivity index (χ0n) is 10.6. The van der Waals surface area contributed by atoms with E-state index in [-0.39, 0.29) is 5.82 Å². The fourth-order valence-electron chi connectivity index (χ4n) is 3.27. The number of carbonyl (C=O) groups is 1. The highest BCUT2D eigenvalue weighted by Gasteiger charge is 2.37. The molecule has 1 saturated carbocycles. The highest BCUT2D eigenvalue weighted by molar-refractivity contribution is 5.85. The van der Waals surface area contributed by atoms with E-state index in [9.17, 15) is 9.18 Å². The Balaban J connectivity index is 1.87. The molecular weight excluding hydrogens is 245 g/mol. The van der Waals surface area contributed by atoms with Gasteiger partial charge in [-0.25, -0.2) is 9.18 Å². The van der Waals surface area contributed by atoms with Crippen molar-refractivity contribution in [3.05, 3.63) is 35.7 Å². The van der Waals surface area contributed by atoms with Gasteiger partial charge in [-0.3, -0.25) is 0 Å². The molecule has 1 aliphatic carbocycles. The average Bonchev–Trinajstić information content (AvgIpc) is 2.98. The van der Waals surface area contributed by atoms with Crippen LogP contribution in [0.25, 0.3) is 6.08 Å². The van der Waals surface area contributed by atoms with Crippen LogP contribution in [0.2, 0.25) is 0 Å². The topological polar surface area (TPSA) is 40.5 Å². The molecule has 0 amide bonds. The summed E-state index contributed by atoms with van der Waals surface area (Å²) in [7, 11) is 0. The second-order valence-corrected chi connectivity index (χ2v) is 5.40. The van der Waals surface area contributed by atoms with Crippen LogP contribution in [0.3, 0.4) is 0 Å². The molecule has 1 aliphatic heterocycles. The van der Waals surface area contributed by atoms with Crippen LogP contribution in [0.1, 0.15) is 24.8 Å². The normalized spacial score (nSPS) is 25.4. The van der Waals surface area contributed by atoms with Crippen LogP contribution < -0.4 is 4.90 Å². The Bertz CT molecular complexity index is 541. The summed E-state index contributed by atoms with van der Waals surface area (Å²) in [5, 5.41) is 8.62. The molecule has 1 N–H and O–H groups in total. The van der Waals surface area contributed by atoms with Gasteiger partial charge >= 0.3 is 5.97 Å². The number of hydrogen-bond acceptors (Lipinski definition) is 2. The van der Waals surface area contributed by atoms with E-state index in [0.717, 1.165) is 24.2 Å². The van der Waals surface area contributed by atoms with Gasteiger partial charge in [0.15, 0.2) is 0 Å². The molecule has 1 saturated heterocycles. The van der Waals surface area contributed by atoms with Gasteiger partial charge in [-0.15, -0.1) is 0 Å². The van der Waals surface area contributed by atoms with E-state index in [1.165, 1.54) is 31.4 Å². The van der Waals surface area contributed by atoms with E-state index in [1.54, 1.807) is 6.07 Å². The Hall–Kier alpha value is -1.84. The minimum atomic E-state index is -1.02. The fourth-order valence-corrected chi connectivity index (χ4v) is 3.27. The molecule has 100 valence electrons. The summed E-state index contributed by atoms with van der Waals surface area (Å²) in [5.41, 5.74) is 1.47. The van der Waals surface area contributed by atoms with Gasteiger partial charge in [-0.05, 0) is 55.0 Å². The fraction of sp³-hybridized carbons (Fsp3) is 0.400. The quantitative estimate of drug-likeness (QED) is 0.850. The van der Waals surface area contributed by atoms with Crippen LogP contribution in [0.4, 0.5) is 10.1 Å². The summed E-state index contributed by atoms with van der Waals surface area (Å²) in [6, 6.07) is 5.29. The van der Waals surface area contributed by atoms with Gasteiger partial charge in [0.05, 0.1) is 0 Å². The number of hydrogen-bond donors (Lipinski definition) is 1. The summed E-state index contributed by atoms with van der Waals surface area (Å²) in [4.78, 5) is 12.8. The number of halogens is 1. The molecule has 4 heteroatoms. The number of fused-ring (bicyclic) bond motifs is 2. The molecule has 0 spiro atoms. The van der Waals surface area contributed by atoms with Crippen LogP contribution in [0, 0.1) is 11.7 Å². The van der Waals surface area contributed by atoms with E-state index < -0.39 is 5.97 Å². The first-order chi connectivity index (χ1) is 9.11. The van der Waals surface area contributed by atoms with Gasteiger partial charge < -0.3 is 10.0 Å². The number of benzene rings is 1. The maximum absolute atomic E-state index is 13.6. The second kappa shape index (κ2) is 4.68. The molecule has 19 heavy (non-hydrogen) atoms. The smallest absolute Gasteiger partial charge is 0.328 e. The molecule has 3 rings (SSSR count). The lowest BCUT2D eigenvalue weighted by Crippen LogP contribution is -2.31. The van der Waals surface area contributed by atoms with Crippen molar-refractivity contribution in [2.75, 3.05) is 11.4 Å².